The highest BCUT2D eigenvalue weighted by Crippen LogP contribution is 1.85. The summed E-state index contributed by atoms with van der Waals surface area (Å²) in [5.41, 5.74) is 0. The van der Waals surface area contributed by atoms with Gasteiger partial charge >= 0.3 is 5.97 Å². The summed E-state index contributed by atoms with van der Waals surface area (Å²) in [6.07, 6.45) is 3.71. The van der Waals surface area contributed by atoms with Crippen LogP contribution in [0.4, 0.5) is 0 Å². The molecule has 1 heterocycles. The summed E-state index contributed by atoms with van der Waals surface area (Å²) >= 11 is 0. The van der Waals surface area contributed by atoms with Gasteiger partial charge in [-0.05, 0) is 0 Å². The van der Waals surface area contributed by atoms with Gasteiger partial charge in [0.2, 0.25) is 0 Å². The predicted octanol–water partition coefficient (Wildman–Crippen LogP) is -0.847. The highest BCUT2D eigenvalue weighted by Gasteiger charge is 1.95. The van der Waals surface area contributed by atoms with E-state index in [0.717, 1.165) is 38.5 Å². The zero-order valence-electron chi connectivity index (χ0n) is 10.4. The van der Waals surface area contributed by atoms with Gasteiger partial charge in [0, 0.05) is 45.1 Å². The third kappa shape index (κ3) is 7.77. The van der Waals surface area contributed by atoms with Crippen molar-refractivity contribution in [2.24, 2.45) is 0 Å². The number of H-pyrrole nitrogens is 1. The van der Waals surface area contributed by atoms with Crippen molar-refractivity contribution in [3.63, 3.8) is 0 Å². The summed E-state index contributed by atoms with van der Waals surface area (Å²) in [5.74, 6) is 0.169. The smallest absolute Gasteiger partial charge is 0.304 e. The molecular formula is C11H21N5O2. The van der Waals surface area contributed by atoms with Crippen LogP contribution in [0.15, 0.2) is 12.4 Å². The maximum absolute atomic E-state index is 10.2. The maximum atomic E-state index is 10.2. The van der Waals surface area contributed by atoms with Crippen LogP contribution in [-0.2, 0) is 11.3 Å². The minimum absolute atomic E-state index is 0.171. The van der Waals surface area contributed by atoms with Crippen LogP contribution in [-0.4, -0.2) is 53.8 Å². The number of nitrogens with zero attached hydrogens (tertiary/aromatic N) is 1. The Kier molecular flexibility index (Phi) is 7.78. The van der Waals surface area contributed by atoms with Crippen molar-refractivity contribution in [3.8, 4) is 0 Å². The Hall–Kier alpha value is -1.44. The topological polar surface area (TPSA) is 102 Å². The molecule has 0 aliphatic heterocycles. The van der Waals surface area contributed by atoms with Crippen LogP contribution >= 0.6 is 0 Å². The normalized spacial score (nSPS) is 10.7. The fourth-order valence-electron chi connectivity index (χ4n) is 1.40. The van der Waals surface area contributed by atoms with Gasteiger partial charge < -0.3 is 26.0 Å². The van der Waals surface area contributed by atoms with Gasteiger partial charge in [-0.3, -0.25) is 4.79 Å². The first kappa shape index (κ1) is 14.6. The average molecular weight is 255 g/mol. The lowest BCUT2D eigenvalue weighted by Crippen LogP contribution is -2.33. The van der Waals surface area contributed by atoms with Crippen LogP contribution in [0, 0.1) is 0 Å². The third-order valence-electron chi connectivity index (χ3n) is 2.32. The van der Waals surface area contributed by atoms with E-state index < -0.39 is 5.97 Å². The van der Waals surface area contributed by atoms with Crippen molar-refractivity contribution in [2.45, 2.75) is 13.0 Å². The van der Waals surface area contributed by atoms with Crippen LogP contribution in [0.3, 0.4) is 0 Å². The van der Waals surface area contributed by atoms with Gasteiger partial charge in [0.05, 0.1) is 13.0 Å². The Morgan fingerprint density at radius 2 is 1.83 bits per heavy atom. The number of aromatic amines is 1. The first-order valence-corrected chi connectivity index (χ1v) is 6.11. The second kappa shape index (κ2) is 9.58. The molecule has 18 heavy (non-hydrogen) atoms. The largest absolute Gasteiger partial charge is 0.481 e. The fraction of sp³-hybridized carbons (Fsp3) is 0.636. The molecule has 0 radical (unpaired) electrons. The van der Waals surface area contributed by atoms with E-state index in [1.54, 1.807) is 12.4 Å². The zero-order chi connectivity index (χ0) is 13.1. The summed E-state index contributed by atoms with van der Waals surface area (Å²) < 4.78 is 0. The molecule has 1 rings (SSSR count). The number of carboxylic acid groups (broad SMARTS) is 1. The molecule has 0 aliphatic rings. The molecule has 0 atom stereocenters. The molecule has 102 valence electrons. The van der Waals surface area contributed by atoms with E-state index in [9.17, 15) is 4.79 Å². The fourth-order valence-corrected chi connectivity index (χ4v) is 1.40. The maximum Gasteiger partial charge on any atom is 0.304 e. The zero-order valence-corrected chi connectivity index (χ0v) is 10.4. The third-order valence-corrected chi connectivity index (χ3v) is 2.32. The SMILES string of the molecule is O=C(O)CCNCCNCCNCc1ncc[nH]1. The van der Waals surface area contributed by atoms with Gasteiger partial charge in [-0.1, -0.05) is 0 Å². The molecular weight excluding hydrogens is 234 g/mol. The number of hydrogen-bond acceptors (Lipinski definition) is 5. The van der Waals surface area contributed by atoms with E-state index in [0.29, 0.717) is 6.54 Å². The van der Waals surface area contributed by atoms with E-state index in [4.69, 9.17) is 5.11 Å². The number of aromatic nitrogens is 2. The summed E-state index contributed by atoms with van der Waals surface area (Å²) in [7, 11) is 0. The van der Waals surface area contributed by atoms with Crippen molar-refractivity contribution < 1.29 is 9.90 Å². The Bertz CT molecular complexity index is 315. The second-order valence-corrected chi connectivity index (χ2v) is 3.86. The van der Waals surface area contributed by atoms with E-state index in [-0.39, 0.29) is 6.42 Å². The number of carbonyl (C=O) groups is 1. The van der Waals surface area contributed by atoms with E-state index in [2.05, 4.69) is 25.9 Å². The molecule has 0 amide bonds. The Labute approximate surface area is 106 Å². The standard InChI is InChI=1S/C11H21N5O2/c17-11(18)1-2-12-3-4-13-5-6-14-9-10-15-7-8-16-10/h7-8,12-14H,1-6,9H2,(H,15,16)(H,17,18). The molecule has 1 aromatic heterocycles. The van der Waals surface area contributed by atoms with E-state index in [1.807, 2.05) is 0 Å². The van der Waals surface area contributed by atoms with E-state index >= 15 is 0 Å². The molecule has 0 aromatic carbocycles. The predicted molar refractivity (Wildman–Crippen MR) is 68.3 cm³/mol. The van der Waals surface area contributed by atoms with Crippen molar-refractivity contribution in [2.75, 3.05) is 32.7 Å². The molecule has 0 fully saturated rings. The quantitative estimate of drug-likeness (QED) is 0.330. The molecule has 0 bridgehead atoms. The lowest BCUT2D eigenvalue weighted by molar-refractivity contribution is -0.136. The van der Waals surface area contributed by atoms with Crippen molar-refractivity contribution >= 4 is 5.97 Å². The monoisotopic (exact) mass is 255 g/mol. The number of aliphatic carboxylic acids is 1. The first-order valence-electron chi connectivity index (χ1n) is 6.11. The number of carboxylic acids is 1. The molecule has 7 nitrogen and oxygen atoms in total. The minimum Gasteiger partial charge on any atom is -0.481 e. The van der Waals surface area contributed by atoms with Gasteiger partial charge in [-0.25, -0.2) is 4.98 Å². The molecule has 0 saturated heterocycles. The van der Waals surface area contributed by atoms with Crippen molar-refractivity contribution in [3.05, 3.63) is 18.2 Å². The number of imidazole rings is 1. The van der Waals surface area contributed by atoms with Gasteiger partial charge in [0.1, 0.15) is 5.82 Å². The molecule has 1 aromatic rings. The minimum atomic E-state index is -0.766. The highest BCUT2D eigenvalue weighted by molar-refractivity contribution is 5.66. The van der Waals surface area contributed by atoms with Gasteiger partial charge in [-0.2, -0.15) is 0 Å². The molecule has 0 aliphatic carbocycles. The van der Waals surface area contributed by atoms with Gasteiger partial charge in [0.15, 0.2) is 0 Å². The number of rotatable bonds is 11. The van der Waals surface area contributed by atoms with Crippen LogP contribution in [0.2, 0.25) is 0 Å². The van der Waals surface area contributed by atoms with Gasteiger partial charge in [-0.15, -0.1) is 0 Å². The van der Waals surface area contributed by atoms with Crippen LogP contribution in [0.1, 0.15) is 12.2 Å². The number of hydrogen-bond donors (Lipinski definition) is 5. The Balaban J connectivity index is 1.77. The van der Waals surface area contributed by atoms with Crippen molar-refractivity contribution in [1.82, 2.24) is 25.9 Å². The molecule has 0 saturated carbocycles. The summed E-state index contributed by atoms with van der Waals surface area (Å²) in [5, 5.41) is 18.0. The average Bonchev–Trinajstić information content (AvgIpc) is 2.84. The van der Waals surface area contributed by atoms with Crippen LogP contribution in [0.25, 0.3) is 0 Å². The first-order chi connectivity index (χ1) is 8.79. The number of nitrogens with one attached hydrogen (secondary N) is 4. The van der Waals surface area contributed by atoms with Crippen LogP contribution < -0.4 is 16.0 Å². The molecule has 0 spiro atoms. The van der Waals surface area contributed by atoms with Gasteiger partial charge in [0.25, 0.3) is 0 Å². The summed E-state index contributed by atoms with van der Waals surface area (Å²) in [6, 6.07) is 0. The molecule has 7 heteroatoms. The Morgan fingerprint density at radius 3 is 2.44 bits per heavy atom. The summed E-state index contributed by atoms with van der Waals surface area (Å²) in [4.78, 5) is 17.4. The lowest BCUT2D eigenvalue weighted by atomic mass is 10.4. The molecule has 5 N–H and O–H groups in total. The summed E-state index contributed by atoms with van der Waals surface area (Å²) in [6.45, 7) is 4.63. The highest BCUT2D eigenvalue weighted by atomic mass is 16.4. The Morgan fingerprint density at radius 1 is 1.17 bits per heavy atom. The van der Waals surface area contributed by atoms with Crippen molar-refractivity contribution in [1.29, 1.82) is 0 Å². The van der Waals surface area contributed by atoms with Crippen LogP contribution in [0.5, 0.6) is 0 Å². The second-order valence-electron chi connectivity index (χ2n) is 3.86. The van der Waals surface area contributed by atoms with E-state index in [1.165, 1.54) is 0 Å². The molecule has 0 unspecified atom stereocenters. The lowest BCUT2D eigenvalue weighted by Gasteiger charge is -2.06.